The standard InChI is InChI=1S/C21H32N6O.HI/c1-17(25(3)14-18-8-6-5-7-9-18)12-23-21(22-2)27-10-11-28-20(16-27)19-13-24-26(4)15-19;/h5-9,13,15,17,20H,10-12,14,16H2,1-4H3,(H,22,23);1H. The zero-order valence-corrected chi connectivity index (χ0v) is 20.1. The van der Waals surface area contributed by atoms with Gasteiger partial charge in [-0.3, -0.25) is 14.6 Å². The van der Waals surface area contributed by atoms with Crippen LogP contribution in [0, 0.1) is 0 Å². The first kappa shape index (κ1) is 23.6. The van der Waals surface area contributed by atoms with Crippen LogP contribution in [-0.4, -0.2) is 71.9 Å². The van der Waals surface area contributed by atoms with Crippen LogP contribution in [0.2, 0.25) is 0 Å². The lowest BCUT2D eigenvalue weighted by Crippen LogP contribution is -2.50. The summed E-state index contributed by atoms with van der Waals surface area (Å²) in [6.45, 7) is 6.31. The predicted molar refractivity (Wildman–Crippen MR) is 128 cm³/mol. The average molecular weight is 512 g/mol. The van der Waals surface area contributed by atoms with Crippen LogP contribution in [0.3, 0.4) is 0 Å². The number of aliphatic imine (C=N–C) groups is 1. The average Bonchev–Trinajstić information content (AvgIpc) is 3.15. The summed E-state index contributed by atoms with van der Waals surface area (Å²) in [6, 6.07) is 11.0. The van der Waals surface area contributed by atoms with Crippen LogP contribution in [-0.2, 0) is 18.3 Å². The van der Waals surface area contributed by atoms with Crippen molar-refractivity contribution in [3.63, 3.8) is 0 Å². The fraction of sp³-hybridized carbons (Fsp3) is 0.524. The summed E-state index contributed by atoms with van der Waals surface area (Å²) in [4.78, 5) is 9.12. The van der Waals surface area contributed by atoms with Gasteiger partial charge < -0.3 is 15.0 Å². The molecule has 1 aromatic heterocycles. The van der Waals surface area contributed by atoms with Gasteiger partial charge in [0.2, 0.25) is 0 Å². The third kappa shape index (κ3) is 6.68. The number of halogens is 1. The van der Waals surface area contributed by atoms with Gasteiger partial charge in [-0.15, -0.1) is 24.0 Å². The molecule has 2 atom stereocenters. The normalized spacial score (nSPS) is 18.4. The van der Waals surface area contributed by atoms with Crippen LogP contribution < -0.4 is 5.32 Å². The summed E-state index contributed by atoms with van der Waals surface area (Å²) in [6.07, 6.45) is 3.93. The monoisotopic (exact) mass is 512 g/mol. The van der Waals surface area contributed by atoms with Crippen molar-refractivity contribution in [3.05, 3.63) is 53.9 Å². The number of hydrogen-bond acceptors (Lipinski definition) is 4. The van der Waals surface area contributed by atoms with Crippen molar-refractivity contribution in [1.29, 1.82) is 0 Å². The van der Waals surface area contributed by atoms with Crippen molar-refractivity contribution >= 4 is 29.9 Å². The fourth-order valence-electron chi connectivity index (χ4n) is 3.40. The predicted octanol–water partition coefficient (Wildman–Crippen LogP) is 2.51. The molecule has 1 aliphatic rings. The third-order valence-electron chi connectivity index (χ3n) is 5.26. The third-order valence-corrected chi connectivity index (χ3v) is 5.26. The number of aryl methyl sites for hydroxylation is 1. The van der Waals surface area contributed by atoms with E-state index < -0.39 is 0 Å². The molecule has 160 valence electrons. The molecule has 1 N–H and O–H groups in total. The zero-order valence-electron chi connectivity index (χ0n) is 17.8. The van der Waals surface area contributed by atoms with E-state index in [-0.39, 0.29) is 30.1 Å². The number of rotatable bonds is 6. The van der Waals surface area contributed by atoms with Gasteiger partial charge in [0.1, 0.15) is 6.10 Å². The van der Waals surface area contributed by atoms with Gasteiger partial charge in [0.15, 0.2) is 5.96 Å². The summed E-state index contributed by atoms with van der Waals surface area (Å²) in [5.41, 5.74) is 2.44. The second kappa shape index (κ2) is 11.5. The minimum absolute atomic E-state index is 0. The molecule has 8 heteroatoms. The van der Waals surface area contributed by atoms with E-state index in [9.17, 15) is 0 Å². The maximum atomic E-state index is 5.95. The Hall–Kier alpha value is -1.65. The Morgan fingerprint density at radius 2 is 2.14 bits per heavy atom. The first-order chi connectivity index (χ1) is 13.6. The van der Waals surface area contributed by atoms with Crippen molar-refractivity contribution in [2.24, 2.45) is 12.0 Å². The molecule has 1 saturated heterocycles. The number of benzene rings is 1. The van der Waals surface area contributed by atoms with Crippen LogP contribution in [0.4, 0.5) is 0 Å². The van der Waals surface area contributed by atoms with E-state index in [1.807, 2.05) is 31.2 Å². The van der Waals surface area contributed by atoms with Crippen molar-refractivity contribution in [2.45, 2.75) is 25.6 Å². The Kier molecular flexibility index (Phi) is 9.38. The number of aromatic nitrogens is 2. The van der Waals surface area contributed by atoms with E-state index in [0.717, 1.165) is 37.7 Å². The molecule has 2 unspecified atom stereocenters. The second-order valence-corrected chi connectivity index (χ2v) is 7.43. The van der Waals surface area contributed by atoms with Gasteiger partial charge in [-0.2, -0.15) is 5.10 Å². The van der Waals surface area contributed by atoms with Gasteiger partial charge in [-0.25, -0.2) is 0 Å². The number of likely N-dealkylation sites (N-methyl/N-ethyl adjacent to an activating group) is 1. The van der Waals surface area contributed by atoms with E-state index in [0.29, 0.717) is 12.6 Å². The van der Waals surface area contributed by atoms with Gasteiger partial charge in [-0.05, 0) is 19.5 Å². The first-order valence-corrected chi connectivity index (χ1v) is 9.86. The minimum atomic E-state index is 0. The molecule has 0 spiro atoms. The van der Waals surface area contributed by atoms with E-state index in [4.69, 9.17) is 4.74 Å². The van der Waals surface area contributed by atoms with Crippen molar-refractivity contribution in [3.8, 4) is 0 Å². The second-order valence-electron chi connectivity index (χ2n) is 7.43. The largest absolute Gasteiger partial charge is 0.370 e. The lowest BCUT2D eigenvalue weighted by atomic mass is 10.1. The highest BCUT2D eigenvalue weighted by Crippen LogP contribution is 2.21. The van der Waals surface area contributed by atoms with E-state index >= 15 is 0 Å². The molecule has 29 heavy (non-hydrogen) atoms. The lowest BCUT2D eigenvalue weighted by Gasteiger charge is -2.35. The van der Waals surface area contributed by atoms with Crippen molar-refractivity contribution < 1.29 is 4.74 Å². The Morgan fingerprint density at radius 1 is 1.38 bits per heavy atom. The molecule has 0 aliphatic carbocycles. The molecule has 0 radical (unpaired) electrons. The molecule has 0 bridgehead atoms. The number of nitrogens with one attached hydrogen (secondary N) is 1. The lowest BCUT2D eigenvalue weighted by molar-refractivity contribution is -0.00811. The SMILES string of the molecule is CN=C(NCC(C)N(C)Cc1ccccc1)N1CCOC(c2cnn(C)c2)C1.I. The van der Waals surface area contributed by atoms with Gasteiger partial charge in [0.05, 0.1) is 19.3 Å². The molecule has 7 nitrogen and oxygen atoms in total. The number of morpholine rings is 1. The molecule has 0 saturated carbocycles. The molecular weight excluding hydrogens is 479 g/mol. The summed E-state index contributed by atoms with van der Waals surface area (Å²) >= 11 is 0. The summed E-state index contributed by atoms with van der Waals surface area (Å²) < 4.78 is 7.76. The van der Waals surface area contributed by atoms with Crippen LogP contribution in [0.15, 0.2) is 47.7 Å². The molecular formula is C21H33IN6O. The first-order valence-electron chi connectivity index (χ1n) is 9.86. The molecule has 3 rings (SSSR count). The van der Waals surface area contributed by atoms with E-state index in [2.05, 4.69) is 69.5 Å². The van der Waals surface area contributed by atoms with Gasteiger partial charge in [-0.1, -0.05) is 30.3 Å². The highest BCUT2D eigenvalue weighted by atomic mass is 127. The Balaban J connectivity index is 0.00000300. The summed E-state index contributed by atoms with van der Waals surface area (Å²) in [5.74, 6) is 0.928. The van der Waals surface area contributed by atoms with Crippen LogP contribution in [0.5, 0.6) is 0 Å². The Morgan fingerprint density at radius 3 is 2.79 bits per heavy atom. The van der Waals surface area contributed by atoms with Gasteiger partial charge >= 0.3 is 0 Å². The van der Waals surface area contributed by atoms with E-state index in [1.54, 1.807) is 0 Å². The fourth-order valence-corrected chi connectivity index (χ4v) is 3.40. The number of guanidine groups is 1. The minimum Gasteiger partial charge on any atom is -0.370 e. The van der Waals surface area contributed by atoms with Crippen LogP contribution in [0.1, 0.15) is 24.2 Å². The maximum Gasteiger partial charge on any atom is 0.193 e. The van der Waals surface area contributed by atoms with Crippen LogP contribution >= 0.6 is 24.0 Å². The highest BCUT2D eigenvalue weighted by Gasteiger charge is 2.25. The molecule has 2 heterocycles. The molecule has 1 aliphatic heterocycles. The summed E-state index contributed by atoms with van der Waals surface area (Å²) in [5, 5.41) is 7.80. The van der Waals surface area contributed by atoms with Crippen molar-refractivity contribution in [2.75, 3.05) is 40.3 Å². The summed E-state index contributed by atoms with van der Waals surface area (Å²) in [7, 11) is 5.93. The number of ether oxygens (including phenoxy) is 1. The smallest absolute Gasteiger partial charge is 0.193 e. The van der Waals surface area contributed by atoms with Crippen molar-refractivity contribution in [1.82, 2.24) is 24.9 Å². The Bertz CT molecular complexity index is 766. The topological polar surface area (TPSA) is 57.9 Å². The zero-order chi connectivity index (χ0) is 19.9. The van der Waals surface area contributed by atoms with Gasteiger partial charge in [0.25, 0.3) is 0 Å². The molecule has 1 aromatic carbocycles. The maximum absolute atomic E-state index is 5.95. The number of hydrogen-bond donors (Lipinski definition) is 1. The molecule has 2 aromatic rings. The number of nitrogens with zero attached hydrogens (tertiary/aromatic N) is 5. The molecule has 0 amide bonds. The quantitative estimate of drug-likeness (QED) is 0.366. The molecule has 1 fully saturated rings. The highest BCUT2D eigenvalue weighted by molar-refractivity contribution is 14.0. The van der Waals surface area contributed by atoms with E-state index in [1.165, 1.54) is 5.56 Å². The van der Waals surface area contributed by atoms with Crippen LogP contribution in [0.25, 0.3) is 0 Å². The van der Waals surface area contributed by atoms with Gasteiger partial charge in [0, 0.05) is 51.5 Å². The Labute approximate surface area is 191 Å².